The molecule has 1 aliphatic heterocycles. The van der Waals surface area contributed by atoms with Crippen molar-refractivity contribution in [1.29, 1.82) is 0 Å². The summed E-state index contributed by atoms with van der Waals surface area (Å²) in [7, 11) is 0. The predicted molar refractivity (Wildman–Crippen MR) is 127 cm³/mol. The summed E-state index contributed by atoms with van der Waals surface area (Å²) in [5, 5.41) is 5.73. The van der Waals surface area contributed by atoms with Crippen LogP contribution >= 0.6 is 11.6 Å². The molecule has 3 aromatic rings. The molecule has 1 fully saturated rings. The number of aromatic nitrogens is 2. The molecule has 0 unspecified atom stereocenters. The van der Waals surface area contributed by atoms with Crippen molar-refractivity contribution >= 4 is 17.5 Å². The van der Waals surface area contributed by atoms with E-state index >= 15 is 0 Å². The predicted octanol–water partition coefficient (Wildman–Crippen LogP) is 4.84. The maximum absolute atomic E-state index is 12.8. The molecule has 0 spiro atoms. The van der Waals surface area contributed by atoms with Gasteiger partial charge in [0.2, 0.25) is 5.91 Å². The Bertz CT molecular complexity index is 1110. The second kappa shape index (κ2) is 9.08. The molecule has 0 atom stereocenters. The molecule has 2 heterocycles. The highest BCUT2D eigenvalue weighted by atomic mass is 35.5. The number of benzene rings is 2. The zero-order valence-electron chi connectivity index (χ0n) is 18.5. The van der Waals surface area contributed by atoms with Crippen LogP contribution < -0.4 is 0 Å². The lowest BCUT2D eigenvalue weighted by molar-refractivity contribution is -0.133. The Morgan fingerprint density at radius 3 is 2.69 bits per heavy atom. The molecule has 0 saturated heterocycles. The SMILES string of the molecule is CCN(Cc1nn(-c2cccc(Cl)c2)c2c1CN(Cc1ccccc1)CC2)C(=O)C1CC1. The van der Waals surface area contributed by atoms with Gasteiger partial charge in [0.1, 0.15) is 0 Å². The van der Waals surface area contributed by atoms with Crippen molar-refractivity contribution in [3.05, 3.63) is 82.1 Å². The van der Waals surface area contributed by atoms with Gasteiger partial charge >= 0.3 is 0 Å². The van der Waals surface area contributed by atoms with E-state index < -0.39 is 0 Å². The largest absolute Gasteiger partial charge is 0.337 e. The van der Waals surface area contributed by atoms with Crippen LogP contribution in [0.5, 0.6) is 0 Å². The van der Waals surface area contributed by atoms with Crippen molar-refractivity contribution in [3.8, 4) is 5.69 Å². The molecule has 0 radical (unpaired) electrons. The van der Waals surface area contributed by atoms with E-state index in [1.807, 2.05) is 33.8 Å². The van der Waals surface area contributed by atoms with Crippen LogP contribution in [0.1, 0.15) is 42.3 Å². The van der Waals surface area contributed by atoms with Gasteiger partial charge in [0, 0.05) is 49.1 Å². The molecular weight excluding hydrogens is 420 g/mol. The molecule has 1 amide bonds. The van der Waals surface area contributed by atoms with Gasteiger partial charge in [0.15, 0.2) is 0 Å². The minimum absolute atomic E-state index is 0.218. The van der Waals surface area contributed by atoms with Crippen molar-refractivity contribution in [2.75, 3.05) is 13.1 Å². The van der Waals surface area contributed by atoms with Crippen molar-refractivity contribution in [2.45, 2.75) is 45.8 Å². The molecule has 6 heteroatoms. The van der Waals surface area contributed by atoms with Crippen LogP contribution in [0.3, 0.4) is 0 Å². The number of nitrogens with zero attached hydrogens (tertiary/aromatic N) is 4. The fourth-order valence-corrected chi connectivity index (χ4v) is 4.77. The molecule has 166 valence electrons. The summed E-state index contributed by atoms with van der Waals surface area (Å²) >= 11 is 6.29. The van der Waals surface area contributed by atoms with E-state index in [2.05, 4.69) is 42.2 Å². The average molecular weight is 449 g/mol. The number of fused-ring (bicyclic) bond motifs is 1. The number of rotatable bonds is 7. The summed E-state index contributed by atoms with van der Waals surface area (Å²) in [5.41, 5.74) is 5.80. The minimum Gasteiger partial charge on any atom is -0.337 e. The second-order valence-electron chi connectivity index (χ2n) is 8.84. The number of hydrogen-bond acceptors (Lipinski definition) is 3. The zero-order chi connectivity index (χ0) is 22.1. The van der Waals surface area contributed by atoms with E-state index in [1.165, 1.54) is 16.8 Å². The fourth-order valence-electron chi connectivity index (χ4n) is 4.58. The Morgan fingerprint density at radius 1 is 1.16 bits per heavy atom. The first-order valence-electron chi connectivity index (χ1n) is 11.5. The first-order valence-corrected chi connectivity index (χ1v) is 11.9. The van der Waals surface area contributed by atoms with Gasteiger partial charge in [-0.2, -0.15) is 5.10 Å². The Balaban J connectivity index is 1.47. The van der Waals surface area contributed by atoms with Gasteiger partial charge in [0.25, 0.3) is 0 Å². The number of carbonyl (C=O) groups is 1. The van der Waals surface area contributed by atoms with Crippen LogP contribution in [-0.2, 0) is 30.8 Å². The molecule has 1 saturated carbocycles. The minimum atomic E-state index is 0.218. The molecule has 2 aliphatic rings. The van der Waals surface area contributed by atoms with Gasteiger partial charge < -0.3 is 4.90 Å². The van der Waals surface area contributed by atoms with Crippen LogP contribution in [0.25, 0.3) is 5.69 Å². The summed E-state index contributed by atoms with van der Waals surface area (Å²) in [4.78, 5) is 17.2. The van der Waals surface area contributed by atoms with Gasteiger partial charge in [-0.05, 0) is 43.5 Å². The van der Waals surface area contributed by atoms with Crippen molar-refractivity contribution in [3.63, 3.8) is 0 Å². The molecule has 32 heavy (non-hydrogen) atoms. The highest BCUT2D eigenvalue weighted by Gasteiger charge is 2.34. The number of halogens is 1. The van der Waals surface area contributed by atoms with Crippen molar-refractivity contribution in [1.82, 2.24) is 19.6 Å². The van der Waals surface area contributed by atoms with E-state index in [4.69, 9.17) is 16.7 Å². The molecule has 5 nitrogen and oxygen atoms in total. The lowest BCUT2D eigenvalue weighted by atomic mass is 10.0. The van der Waals surface area contributed by atoms with E-state index in [1.54, 1.807) is 0 Å². The molecule has 2 aromatic carbocycles. The highest BCUT2D eigenvalue weighted by Crippen LogP contribution is 2.33. The maximum Gasteiger partial charge on any atom is 0.226 e. The third-order valence-corrected chi connectivity index (χ3v) is 6.72. The third-order valence-electron chi connectivity index (χ3n) is 6.48. The Labute approximate surface area is 194 Å². The molecule has 5 rings (SSSR count). The first-order chi connectivity index (χ1) is 15.6. The second-order valence-corrected chi connectivity index (χ2v) is 9.27. The quantitative estimate of drug-likeness (QED) is 0.519. The summed E-state index contributed by atoms with van der Waals surface area (Å²) in [6.07, 6.45) is 2.97. The Hall–Kier alpha value is -2.63. The third kappa shape index (κ3) is 4.45. The summed E-state index contributed by atoms with van der Waals surface area (Å²) in [6, 6.07) is 18.5. The van der Waals surface area contributed by atoms with Gasteiger partial charge in [-0.1, -0.05) is 48.0 Å². The van der Waals surface area contributed by atoms with Crippen molar-refractivity contribution < 1.29 is 4.79 Å². The van der Waals surface area contributed by atoms with Crippen LogP contribution in [0.15, 0.2) is 54.6 Å². The van der Waals surface area contributed by atoms with Crippen LogP contribution in [-0.4, -0.2) is 38.6 Å². The molecule has 0 N–H and O–H groups in total. The van der Waals surface area contributed by atoms with E-state index in [0.29, 0.717) is 18.1 Å². The summed E-state index contributed by atoms with van der Waals surface area (Å²) < 4.78 is 2.05. The molecule has 0 bridgehead atoms. The van der Waals surface area contributed by atoms with Gasteiger partial charge in [-0.25, -0.2) is 4.68 Å². The van der Waals surface area contributed by atoms with E-state index in [0.717, 1.165) is 50.3 Å². The maximum atomic E-state index is 12.8. The van der Waals surface area contributed by atoms with Gasteiger partial charge in [0.05, 0.1) is 23.6 Å². The van der Waals surface area contributed by atoms with Crippen LogP contribution in [0.4, 0.5) is 0 Å². The lowest BCUT2D eigenvalue weighted by Crippen LogP contribution is -2.33. The zero-order valence-corrected chi connectivity index (χ0v) is 19.3. The summed E-state index contributed by atoms with van der Waals surface area (Å²) in [5.74, 6) is 0.492. The molecular formula is C26H29ClN4O. The molecule has 1 aromatic heterocycles. The Morgan fingerprint density at radius 2 is 1.97 bits per heavy atom. The standard InChI is InChI=1S/C26H29ClN4O/c1-2-30(26(32)20-11-12-20)18-24-23-17-29(16-19-7-4-3-5-8-19)14-13-25(23)31(28-24)22-10-6-9-21(27)15-22/h3-10,15,20H,2,11-14,16-18H2,1H3. The first kappa shape index (κ1) is 21.2. The van der Waals surface area contributed by atoms with Crippen LogP contribution in [0, 0.1) is 5.92 Å². The van der Waals surface area contributed by atoms with E-state index in [-0.39, 0.29) is 11.8 Å². The number of amides is 1. The lowest BCUT2D eigenvalue weighted by Gasteiger charge is -2.28. The average Bonchev–Trinajstić information content (AvgIpc) is 3.60. The molecule has 1 aliphatic carbocycles. The van der Waals surface area contributed by atoms with Crippen LogP contribution in [0.2, 0.25) is 5.02 Å². The monoisotopic (exact) mass is 448 g/mol. The fraction of sp³-hybridized carbons (Fsp3) is 0.385. The van der Waals surface area contributed by atoms with E-state index in [9.17, 15) is 4.79 Å². The topological polar surface area (TPSA) is 41.4 Å². The normalized spacial score (nSPS) is 16.1. The Kier molecular flexibility index (Phi) is 6.03. The number of carbonyl (C=O) groups excluding carboxylic acids is 1. The highest BCUT2D eigenvalue weighted by molar-refractivity contribution is 6.30. The smallest absolute Gasteiger partial charge is 0.226 e. The number of hydrogen-bond donors (Lipinski definition) is 0. The summed E-state index contributed by atoms with van der Waals surface area (Å²) in [6.45, 7) is 6.08. The van der Waals surface area contributed by atoms with Gasteiger partial charge in [-0.3, -0.25) is 9.69 Å². The van der Waals surface area contributed by atoms with Crippen molar-refractivity contribution in [2.24, 2.45) is 5.92 Å². The van der Waals surface area contributed by atoms with Gasteiger partial charge in [-0.15, -0.1) is 0 Å².